The van der Waals surface area contributed by atoms with Crippen LogP contribution in [0, 0.1) is 5.41 Å². The van der Waals surface area contributed by atoms with Gasteiger partial charge in [-0.1, -0.05) is 6.92 Å². The summed E-state index contributed by atoms with van der Waals surface area (Å²) in [5, 5.41) is 3.46. The van der Waals surface area contributed by atoms with E-state index < -0.39 is 9.84 Å². The number of hydrogen-bond donors (Lipinski definition) is 1. The number of rotatable bonds is 1. The molecule has 0 aromatic rings. The minimum absolute atomic E-state index is 0.185. The van der Waals surface area contributed by atoms with E-state index in [4.69, 9.17) is 0 Å². The van der Waals surface area contributed by atoms with Crippen molar-refractivity contribution in [2.45, 2.75) is 45.2 Å². The highest BCUT2D eigenvalue weighted by atomic mass is 32.2. The van der Waals surface area contributed by atoms with E-state index in [0.29, 0.717) is 17.5 Å². The van der Waals surface area contributed by atoms with Crippen molar-refractivity contribution < 1.29 is 8.42 Å². The molecule has 1 saturated heterocycles. The van der Waals surface area contributed by atoms with Gasteiger partial charge in [0.25, 0.3) is 0 Å². The monoisotopic (exact) mass is 217 g/mol. The highest BCUT2D eigenvalue weighted by Gasteiger charge is 2.47. The zero-order valence-electron chi connectivity index (χ0n) is 8.91. The summed E-state index contributed by atoms with van der Waals surface area (Å²) in [6, 6.07) is 0.527. The molecule has 0 radical (unpaired) electrons. The molecule has 82 valence electrons. The molecule has 1 saturated carbocycles. The first-order valence-corrected chi connectivity index (χ1v) is 7.20. The van der Waals surface area contributed by atoms with E-state index in [1.165, 1.54) is 12.8 Å². The predicted octanol–water partition coefficient (Wildman–Crippen LogP) is 0.952. The lowest BCUT2D eigenvalue weighted by Crippen LogP contribution is -2.43. The van der Waals surface area contributed by atoms with Crippen molar-refractivity contribution in [1.29, 1.82) is 0 Å². The molecule has 1 heterocycles. The minimum Gasteiger partial charge on any atom is -0.310 e. The molecule has 2 fully saturated rings. The Balaban J connectivity index is 2.16. The van der Waals surface area contributed by atoms with Crippen molar-refractivity contribution in [2.75, 3.05) is 11.5 Å². The predicted molar refractivity (Wildman–Crippen MR) is 57.0 cm³/mol. The Kier molecular flexibility index (Phi) is 2.39. The lowest BCUT2D eigenvalue weighted by Gasteiger charge is -2.24. The average Bonchev–Trinajstić information content (AvgIpc) is 2.80. The lowest BCUT2D eigenvalue weighted by molar-refractivity contribution is 0.352. The summed E-state index contributed by atoms with van der Waals surface area (Å²) in [7, 11) is -2.81. The summed E-state index contributed by atoms with van der Waals surface area (Å²) in [6.07, 6.45) is 3.11. The summed E-state index contributed by atoms with van der Waals surface area (Å²) in [5.74, 6) is 0.696. The fourth-order valence-corrected chi connectivity index (χ4v) is 4.00. The van der Waals surface area contributed by atoms with Crippen LogP contribution in [0.5, 0.6) is 0 Å². The van der Waals surface area contributed by atoms with Crippen LogP contribution < -0.4 is 5.32 Å². The molecule has 0 aromatic carbocycles. The van der Waals surface area contributed by atoms with Crippen molar-refractivity contribution in [3.05, 3.63) is 0 Å². The molecule has 4 heteroatoms. The van der Waals surface area contributed by atoms with Gasteiger partial charge in [0.2, 0.25) is 0 Å². The smallest absolute Gasteiger partial charge is 0.151 e. The number of hydrogen-bond acceptors (Lipinski definition) is 3. The van der Waals surface area contributed by atoms with Crippen molar-refractivity contribution >= 4 is 9.84 Å². The number of sulfone groups is 1. The van der Waals surface area contributed by atoms with Crippen LogP contribution in [0.4, 0.5) is 0 Å². The fourth-order valence-electron chi connectivity index (χ4n) is 2.12. The Bertz CT molecular complexity index is 319. The summed E-state index contributed by atoms with van der Waals surface area (Å²) in [5.41, 5.74) is 0.256. The lowest BCUT2D eigenvalue weighted by atomic mass is 9.99. The van der Waals surface area contributed by atoms with E-state index in [9.17, 15) is 8.42 Å². The SMILES string of the molecule is CC1CCS(=O)(=O)CC(C2(C)CC2)N1. The summed E-state index contributed by atoms with van der Waals surface area (Å²) < 4.78 is 23.3. The molecule has 1 N–H and O–H groups in total. The molecule has 0 bridgehead atoms. The van der Waals surface area contributed by atoms with Gasteiger partial charge in [0.15, 0.2) is 9.84 Å². The van der Waals surface area contributed by atoms with Crippen LogP contribution in [0.15, 0.2) is 0 Å². The normalized spacial score (nSPS) is 40.1. The molecule has 3 nitrogen and oxygen atoms in total. The van der Waals surface area contributed by atoms with Gasteiger partial charge in [-0.25, -0.2) is 8.42 Å². The van der Waals surface area contributed by atoms with Gasteiger partial charge in [0.1, 0.15) is 0 Å². The van der Waals surface area contributed by atoms with E-state index >= 15 is 0 Å². The Morgan fingerprint density at radius 2 is 2.00 bits per heavy atom. The Morgan fingerprint density at radius 1 is 1.36 bits per heavy atom. The van der Waals surface area contributed by atoms with Gasteiger partial charge >= 0.3 is 0 Å². The fraction of sp³-hybridized carbons (Fsp3) is 1.00. The van der Waals surface area contributed by atoms with Crippen molar-refractivity contribution in [1.82, 2.24) is 5.32 Å². The van der Waals surface area contributed by atoms with Gasteiger partial charge in [-0.15, -0.1) is 0 Å². The van der Waals surface area contributed by atoms with Crippen LogP contribution in [0.3, 0.4) is 0 Å². The molecule has 0 amide bonds. The largest absolute Gasteiger partial charge is 0.310 e. The third-order valence-electron chi connectivity index (χ3n) is 3.65. The average molecular weight is 217 g/mol. The van der Waals surface area contributed by atoms with Gasteiger partial charge in [-0.3, -0.25) is 0 Å². The van der Waals surface area contributed by atoms with Crippen LogP contribution in [-0.2, 0) is 9.84 Å². The standard InChI is InChI=1S/C10H19NO2S/c1-8-3-6-14(12,13)7-9(11-8)10(2)4-5-10/h8-9,11H,3-7H2,1-2H3. The van der Waals surface area contributed by atoms with E-state index in [-0.39, 0.29) is 11.5 Å². The number of nitrogens with one attached hydrogen (secondary N) is 1. The molecule has 1 aliphatic heterocycles. The second kappa shape index (κ2) is 3.20. The molecule has 2 aliphatic rings. The van der Waals surface area contributed by atoms with Crippen LogP contribution in [-0.4, -0.2) is 32.0 Å². The third-order valence-corrected chi connectivity index (χ3v) is 5.35. The molecule has 0 aromatic heterocycles. The first-order valence-electron chi connectivity index (χ1n) is 5.38. The summed E-state index contributed by atoms with van der Waals surface area (Å²) in [6.45, 7) is 4.28. The second-order valence-corrected chi connectivity index (χ2v) is 7.41. The molecule has 0 spiro atoms. The minimum atomic E-state index is -2.81. The van der Waals surface area contributed by atoms with Gasteiger partial charge in [0.05, 0.1) is 11.5 Å². The van der Waals surface area contributed by atoms with Crippen LogP contribution in [0.25, 0.3) is 0 Å². The molecule has 1 aliphatic carbocycles. The van der Waals surface area contributed by atoms with Crippen LogP contribution in [0.1, 0.15) is 33.1 Å². The van der Waals surface area contributed by atoms with E-state index in [2.05, 4.69) is 19.2 Å². The quantitative estimate of drug-likeness (QED) is 0.711. The maximum atomic E-state index is 11.7. The maximum absolute atomic E-state index is 11.7. The first kappa shape index (κ1) is 10.4. The highest BCUT2D eigenvalue weighted by molar-refractivity contribution is 7.91. The highest BCUT2D eigenvalue weighted by Crippen LogP contribution is 2.48. The van der Waals surface area contributed by atoms with E-state index in [1.807, 2.05) is 0 Å². The first-order chi connectivity index (χ1) is 6.41. The molecule has 2 unspecified atom stereocenters. The van der Waals surface area contributed by atoms with E-state index in [1.54, 1.807) is 0 Å². The Labute approximate surface area is 86.2 Å². The van der Waals surface area contributed by atoms with Crippen molar-refractivity contribution in [2.24, 2.45) is 5.41 Å². The Morgan fingerprint density at radius 3 is 2.57 bits per heavy atom. The molecular formula is C10H19NO2S. The molecule has 14 heavy (non-hydrogen) atoms. The third kappa shape index (κ3) is 2.11. The van der Waals surface area contributed by atoms with Gasteiger partial charge in [0, 0.05) is 12.1 Å². The van der Waals surface area contributed by atoms with Crippen molar-refractivity contribution in [3.8, 4) is 0 Å². The van der Waals surface area contributed by atoms with Gasteiger partial charge in [-0.2, -0.15) is 0 Å². The topological polar surface area (TPSA) is 46.2 Å². The molecular weight excluding hydrogens is 198 g/mol. The summed E-state index contributed by atoms with van der Waals surface area (Å²) in [4.78, 5) is 0. The summed E-state index contributed by atoms with van der Waals surface area (Å²) >= 11 is 0. The van der Waals surface area contributed by atoms with Crippen molar-refractivity contribution in [3.63, 3.8) is 0 Å². The van der Waals surface area contributed by atoms with E-state index in [0.717, 1.165) is 6.42 Å². The van der Waals surface area contributed by atoms with Crippen LogP contribution in [0.2, 0.25) is 0 Å². The van der Waals surface area contributed by atoms with Crippen LogP contribution >= 0.6 is 0 Å². The maximum Gasteiger partial charge on any atom is 0.151 e. The zero-order valence-corrected chi connectivity index (χ0v) is 9.73. The molecule has 2 atom stereocenters. The molecule has 2 rings (SSSR count). The Hall–Kier alpha value is -0.0900. The zero-order chi connectivity index (χ0) is 10.4. The second-order valence-electron chi connectivity index (χ2n) is 5.18. The van der Waals surface area contributed by atoms with Gasteiger partial charge < -0.3 is 5.32 Å². The van der Waals surface area contributed by atoms with Gasteiger partial charge in [-0.05, 0) is 31.6 Å².